The van der Waals surface area contributed by atoms with Crippen molar-refractivity contribution in [3.05, 3.63) is 34.4 Å². The van der Waals surface area contributed by atoms with Gasteiger partial charge in [-0.3, -0.25) is 14.4 Å². The molecule has 0 fully saturated rings. The lowest BCUT2D eigenvalue weighted by molar-refractivity contribution is -0.131. The normalized spacial score (nSPS) is 13.7. The number of esters is 1. The summed E-state index contributed by atoms with van der Waals surface area (Å²) in [6.45, 7) is 1.20. The number of rotatable bonds is 2. The summed E-state index contributed by atoms with van der Waals surface area (Å²) in [6.07, 6.45) is 1.01. The van der Waals surface area contributed by atoms with Crippen molar-refractivity contribution in [2.75, 3.05) is 7.11 Å². The molecule has 0 atom stereocenters. The van der Waals surface area contributed by atoms with Gasteiger partial charge in [0.1, 0.15) is 11.5 Å². The number of allylic oxidation sites excluding steroid dienone is 2. The lowest BCUT2D eigenvalue weighted by Gasteiger charge is -2.16. The van der Waals surface area contributed by atoms with Crippen molar-refractivity contribution in [3.8, 4) is 11.5 Å². The molecule has 0 saturated carbocycles. The fourth-order valence-corrected chi connectivity index (χ4v) is 1.96. The van der Waals surface area contributed by atoms with Gasteiger partial charge in [0.05, 0.1) is 17.7 Å². The Morgan fingerprint density at radius 3 is 2.53 bits per heavy atom. The molecule has 2 rings (SSSR count). The number of hydrogen-bond donors (Lipinski definition) is 0. The van der Waals surface area contributed by atoms with Crippen LogP contribution in [-0.2, 0) is 4.79 Å². The molecular formula is C13H9ClO5. The van der Waals surface area contributed by atoms with Crippen LogP contribution in [0.1, 0.15) is 27.6 Å². The monoisotopic (exact) mass is 280 g/mol. The van der Waals surface area contributed by atoms with E-state index in [1.807, 2.05) is 0 Å². The van der Waals surface area contributed by atoms with Crippen molar-refractivity contribution in [1.29, 1.82) is 0 Å². The zero-order valence-electron chi connectivity index (χ0n) is 10.2. The summed E-state index contributed by atoms with van der Waals surface area (Å²) >= 11 is 5.69. The highest BCUT2D eigenvalue weighted by molar-refractivity contribution is 6.49. The highest BCUT2D eigenvalue weighted by Crippen LogP contribution is 2.34. The van der Waals surface area contributed by atoms with Gasteiger partial charge in [0.25, 0.3) is 0 Å². The third kappa shape index (κ3) is 2.37. The first-order valence-electron chi connectivity index (χ1n) is 5.30. The van der Waals surface area contributed by atoms with E-state index in [4.69, 9.17) is 21.1 Å². The van der Waals surface area contributed by atoms with Gasteiger partial charge in [0.2, 0.25) is 5.78 Å². The molecule has 1 aliphatic carbocycles. The molecule has 0 amide bonds. The Labute approximate surface area is 113 Å². The largest absolute Gasteiger partial charge is 0.497 e. The van der Waals surface area contributed by atoms with Gasteiger partial charge in [0.15, 0.2) is 5.78 Å². The number of carbonyl (C=O) groups is 3. The SMILES string of the molecule is COc1cc(OC(C)=O)c2c(c1)C(=O)C(Cl)=CC2=O. The second kappa shape index (κ2) is 4.85. The van der Waals surface area contributed by atoms with Crippen LogP contribution in [0.5, 0.6) is 11.5 Å². The van der Waals surface area contributed by atoms with E-state index in [-0.39, 0.29) is 21.9 Å². The molecule has 19 heavy (non-hydrogen) atoms. The number of ketones is 2. The topological polar surface area (TPSA) is 69.7 Å². The highest BCUT2D eigenvalue weighted by atomic mass is 35.5. The van der Waals surface area contributed by atoms with Crippen LogP contribution in [0.4, 0.5) is 0 Å². The molecular weight excluding hydrogens is 272 g/mol. The maximum Gasteiger partial charge on any atom is 0.308 e. The second-order valence-electron chi connectivity index (χ2n) is 3.83. The minimum absolute atomic E-state index is 0.0133. The third-order valence-corrected chi connectivity index (χ3v) is 2.81. The molecule has 1 aromatic carbocycles. The third-order valence-electron chi connectivity index (χ3n) is 2.53. The van der Waals surface area contributed by atoms with Crippen LogP contribution in [0, 0.1) is 0 Å². The zero-order chi connectivity index (χ0) is 14.2. The van der Waals surface area contributed by atoms with Crippen molar-refractivity contribution in [2.45, 2.75) is 6.92 Å². The van der Waals surface area contributed by atoms with Crippen LogP contribution in [0.2, 0.25) is 0 Å². The first-order chi connectivity index (χ1) is 8.93. The average Bonchev–Trinajstić information content (AvgIpc) is 2.34. The minimum atomic E-state index is -0.601. The molecule has 6 heteroatoms. The Kier molecular flexibility index (Phi) is 3.40. The summed E-state index contributed by atoms with van der Waals surface area (Å²) in [6, 6.07) is 2.76. The highest BCUT2D eigenvalue weighted by Gasteiger charge is 2.29. The van der Waals surface area contributed by atoms with Crippen molar-refractivity contribution in [3.63, 3.8) is 0 Å². The van der Waals surface area contributed by atoms with Crippen LogP contribution in [-0.4, -0.2) is 24.6 Å². The van der Waals surface area contributed by atoms with Gasteiger partial charge in [-0.25, -0.2) is 0 Å². The van der Waals surface area contributed by atoms with E-state index in [1.54, 1.807) is 0 Å². The molecule has 0 N–H and O–H groups in total. The number of ether oxygens (including phenoxy) is 2. The van der Waals surface area contributed by atoms with Gasteiger partial charge < -0.3 is 9.47 Å². The van der Waals surface area contributed by atoms with E-state index >= 15 is 0 Å². The van der Waals surface area contributed by atoms with Crippen LogP contribution in [0.3, 0.4) is 0 Å². The molecule has 0 aliphatic heterocycles. The van der Waals surface area contributed by atoms with Crippen molar-refractivity contribution in [1.82, 2.24) is 0 Å². The van der Waals surface area contributed by atoms with Gasteiger partial charge in [-0.15, -0.1) is 0 Å². The van der Waals surface area contributed by atoms with Crippen molar-refractivity contribution in [2.24, 2.45) is 0 Å². The number of benzene rings is 1. The van der Waals surface area contributed by atoms with Crippen LogP contribution >= 0.6 is 11.6 Å². The molecule has 0 radical (unpaired) electrons. The Morgan fingerprint density at radius 1 is 1.26 bits per heavy atom. The number of Topliss-reactive ketones (excluding diaryl/α,β-unsaturated/α-hetero) is 1. The summed E-state index contributed by atoms with van der Waals surface area (Å²) in [7, 11) is 1.39. The molecule has 0 saturated heterocycles. The number of fused-ring (bicyclic) bond motifs is 1. The number of methoxy groups -OCH3 is 1. The molecule has 0 bridgehead atoms. The molecule has 0 aromatic heterocycles. The molecule has 1 aliphatic rings. The van der Waals surface area contributed by atoms with Crippen LogP contribution < -0.4 is 9.47 Å². The van der Waals surface area contributed by atoms with E-state index in [0.717, 1.165) is 6.08 Å². The predicted octanol–water partition coefficient (Wildman–Crippen LogP) is 2.12. The summed E-state index contributed by atoms with van der Waals surface area (Å²) in [5.41, 5.74) is 0.0819. The fraction of sp³-hybridized carbons (Fsp3) is 0.154. The van der Waals surface area contributed by atoms with E-state index in [1.165, 1.54) is 26.2 Å². The summed E-state index contributed by atoms with van der Waals surface area (Å²) < 4.78 is 9.95. The van der Waals surface area contributed by atoms with Gasteiger partial charge >= 0.3 is 5.97 Å². The molecule has 5 nitrogen and oxygen atoms in total. The predicted molar refractivity (Wildman–Crippen MR) is 66.9 cm³/mol. The Balaban J connectivity index is 2.69. The Hall–Kier alpha value is -2.14. The molecule has 0 spiro atoms. The Bertz CT molecular complexity index is 630. The van der Waals surface area contributed by atoms with Crippen molar-refractivity contribution < 1.29 is 23.9 Å². The maximum atomic E-state index is 11.9. The van der Waals surface area contributed by atoms with Crippen molar-refractivity contribution >= 4 is 29.1 Å². The fourth-order valence-electron chi connectivity index (χ4n) is 1.76. The first-order valence-corrected chi connectivity index (χ1v) is 5.68. The summed E-state index contributed by atoms with van der Waals surface area (Å²) in [5.74, 6) is -1.32. The zero-order valence-corrected chi connectivity index (χ0v) is 10.9. The number of halogens is 1. The number of carbonyl (C=O) groups excluding carboxylic acids is 3. The van der Waals surface area contributed by atoms with E-state index in [2.05, 4.69) is 0 Å². The summed E-state index contributed by atoms with van der Waals surface area (Å²) in [4.78, 5) is 34.9. The quantitative estimate of drug-likeness (QED) is 0.613. The van der Waals surface area contributed by atoms with Gasteiger partial charge in [-0.1, -0.05) is 11.6 Å². The van der Waals surface area contributed by atoms with E-state index in [9.17, 15) is 14.4 Å². The Morgan fingerprint density at radius 2 is 1.95 bits per heavy atom. The standard InChI is InChI=1S/C13H9ClO5/c1-6(15)19-11-4-7(18-2)3-8-12(11)10(16)5-9(14)13(8)17/h3-5H,1-2H3. The van der Waals surface area contributed by atoms with Crippen LogP contribution in [0.25, 0.3) is 0 Å². The summed E-state index contributed by atoms with van der Waals surface area (Å²) in [5, 5.41) is -0.181. The maximum absolute atomic E-state index is 11.9. The van der Waals surface area contributed by atoms with Crippen LogP contribution in [0.15, 0.2) is 23.2 Å². The molecule has 0 unspecified atom stereocenters. The molecule has 0 heterocycles. The molecule has 98 valence electrons. The minimum Gasteiger partial charge on any atom is -0.497 e. The van der Waals surface area contributed by atoms with Gasteiger partial charge in [-0.2, -0.15) is 0 Å². The van der Waals surface area contributed by atoms with E-state index in [0.29, 0.717) is 5.75 Å². The molecule has 1 aromatic rings. The van der Waals surface area contributed by atoms with E-state index < -0.39 is 17.5 Å². The lowest BCUT2D eigenvalue weighted by atomic mass is 9.93. The number of hydrogen-bond acceptors (Lipinski definition) is 5. The lowest BCUT2D eigenvalue weighted by Crippen LogP contribution is -2.17. The second-order valence-corrected chi connectivity index (χ2v) is 4.23. The smallest absolute Gasteiger partial charge is 0.308 e. The van der Waals surface area contributed by atoms with Gasteiger partial charge in [0, 0.05) is 24.6 Å². The average molecular weight is 281 g/mol. The van der Waals surface area contributed by atoms with Gasteiger partial charge in [-0.05, 0) is 6.07 Å². The first kappa shape index (κ1) is 13.3.